The van der Waals surface area contributed by atoms with Gasteiger partial charge in [-0.3, -0.25) is 4.79 Å². The predicted molar refractivity (Wildman–Crippen MR) is 74.2 cm³/mol. The smallest absolute Gasteiger partial charge is 0.231 e. The number of aryl methyl sites for hydroxylation is 1. The number of anilines is 1. The number of carboxylic acids is 1. The molecule has 2 aliphatic rings. The van der Waals surface area contributed by atoms with Gasteiger partial charge in [0.25, 0.3) is 0 Å². The lowest BCUT2D eigenvalue weighted by Gasteiger charge is -2.25. The second kappa shape index (κ2) is 5.33. The third-order valence-electron chi connectivity index (χ3n) is 4.08. The minimum atomic E-state index is -1.24. The number of carboxylic acid groups (broad SMARTS) is 1. The van der Waals surface area contributed by atoms with Crippen molar-refractivity contribution in [2.75, 3.05) is 5.32 Å². The first kappa shape index (κ1) is 13.8. The highest BCUT2D eigenvalue weighted by atomic mass is 16.5. The highest BCUT2D eigenvalue weighted by Crippen LogP contribution is 2.39. The Morgan fingerprint density at radius 3 is 2.62 bits per heavy atom. The molecule has 3 rings (SSSR count). The Bertz CT molecular complexity index is 610. The molecule has 2 heterocycles. The number of aliphatic carboxylic acids is 1. The SMILES string of the molecule is CCc1cccc(NC(=O)[C@H]2[C@@H](C(=O)[O-])[C@@H]3C=C[C@H]2O3)c1. The van der Waals surface area contributed by atoms with Crippen LogP contribution in [-0.2, 0) is 20.7 Å². The summed E-state index contributed by atoms with van der Waals surface area (Å²) in [5.74, 6) is -3.24. The van der Waals surface area contributed by atoms with Crippen molar-refractivity contribution in [3.05, 3.63) is 42.0 Å². The topological polar surface area (TPSA) is 78.5 Å². The fraction of sp³-hybridized carbons (Fsp3) is 0.375. The molecule has 0 spiro atoms. The van der Waals surface area contributed by atoms with Crippen LogP contribution in [0.2, 0.25) is 0 Å². The fourth-order valence-electron chi connectivity index (χ4n) is 3.00. The number of ether oxygens (including phenoxy) is 1. The van der Waals surface area contributed by atoms with E-state index in [0.29, 0.717) is 5.69 Å². The van der Waals surface area contributed by atoms with E-state index in [2.05, 4.69) is 5.32 Å². The molecule has 0 saturated carbocycles. The van der Waals surface area contributed by atoms with E-state index >= 15 is 0 Å². The Morgan fingerprint density at radius 1 is 1.24 bits per heavy atom. The number of amides is 1. The highest BCUT2D eigenvalue weighted by molar-refractivity contribution is 5.96. The van der Waals surface area contributed by atoms with E-state index in [9.17, 15) is 14.7 Å². The zero-order valence-corrected chi connectivity index (χ0v) is 11.6. The molecule has 0 radical (unpaired) electrons. The van der Waals surface area contributed by atoms with Crippen LogP contribution in [0.4, 0.5) is 5.69 Å². The van der Waals surface area contributed by atoms with Crippen LogP contribution >= 0.6 is 0 Å². The molecule has 5 heteroatoms. The lowest BCUT2D eigenvalue weighted by Crippen LogP contribution is -2.45. The summed E-state index contributed by atoms with van der Waals surface area (Å²) in [5, 5.41) is 14.0. The summed E-state index contributed by atoms with van der Waals surface area (Å²) in [4.78, 5) is 23.7. The van der Waals surface area contributed by atoms with E-state index in [0.717, 1.165) is 12.0 Å². The van der Waals surface area contributed by atoms with Gasteiger partial charge in [-0.25, -0.2) is 0 Å². The summed E-state index contributed by atoms with van der Waals surface area (Å²) in [6.45, 7) is 2.03. The molecule has 1 N–H and O–H groups in total. The summed E-state index contributed by atoms with van der Waals surface area (Å²) >= 11 is 0. The largest absolute Gasteiger partial charge is 0.550 e. The summed E-state index contributed by atoms with van der Waals surface area (Å²) in [6.07, 6.45) is 3.26. The molecular weight excluding hydrogens is 270 g/mol. The van der Waals surface area contributed by atoms with Crippen LogP contribution in [0.1, 0.15) is 12.5 Å². The molecule has 0 unspecified atom stereocenters. The van der Waals surface area contributed by atoms with Crippen LogP contribution in [0.5, 0.6) is 0 Å². The standard InChI is InChI=1S/C16H17NO4/c1-2-9-4-3-5-10(8-9)17-15(18)13-11-6-7-12(21-11)14(13)16(19)20/h3-8,11-14H,2H2,1H3,(H,17,18)(H,19,20)/p-1/t11-,12+,13-,14+/m1/s1. The first-order valence-corrected chi connectivity index (χ1v) is 7.04. The van der Waals surface area contributed by atoms with Crippen molar-refractivity contribution in [1.29, 1.82) is 0 Å². The van der Waals surface area contributed by atoms with Crippen LogP contribution < -0.4 is 10.4 Å². The van der Waals surface area contributed by atoms with Crippen molar-refractivity contribution in [2.45, 2.75) is 25.6 Å². The van der Waals surface area contributed by atoms with Crippen LogP contribution in [0.15, 0.2) is 36.4 Å². The number of carbonyl (C=O) groups excluding carboxylic acids is 2. The number of carbonyl (C=O) groups is 2. The molecule has 1 aromatic rings. The third kappa shape index (κ3) is 2.45. The first-order valence-electron chi connectivity index (χ1n) is 7.04. The van der Waals surface area contributed by atoms with Crippen molar-refractivity contribution < 1.29 is 19.4 Å². The van der Waals surface area contributed by atoms with Gasteiger partial charge in [0, 0.05) is 17.6 Å². The number of fused-ring (bicyclic) bond motifs is 2. The molecular formula is C16H16NO4-. The van der Waals surface area contributed by atoms with E-state index in [1.54, 1.807) is 18.2 Å². The second-order valence-corrected chi connectivity index (χ2v) is 5.36. The number of rotatable bonds is 4. The zero-order valence-electron chi connectivity index (χ0n) is 11.6. The Hall–Kier alpha value is -2.14. The minimum Gasteiger partial charge on any atom is -0.550 e. The van der Waals surface area contributed by atoms with Crippen molar-refractivity contribution >= 4 is 17.6 Å². The van der Waals surface area contributed by atoms with Gasteiger partial charge in [0.2, 0.25) is 5.91 Å². The maximum absolute atomic E-state index is 12.4. The number of hydrogen-bond acceptors (Lipinski definition) is 4. The lowest BCUT2D eigenvalue weighted by molar-refractivity contribution is -0.313. The molecule has 1 saturated heterocycles. The molecule has 1 amide bonds. The number of benzene rings is 1. The molecule has 1 fully saturated rings. The van der Waals surface area contributed by atoms with Crippen molar-refractivity contribution in [1.82, 2.24) is 0 Å². The van der Waals surface area contributed by atoms with E-state index in [1.807, 2.05) is 25.1 Å². The maximum atomic E-state index is 12.4. The minimum absolute atomic E-state index is 0.339. The molecule has 21 heavy (non-hydrogen) atoms. The Kier molecular flexibility index (Phi) is 3.51. The van der Waals surface area contributed by atoms with Crippen molar-refractivity contribution in [2.24, 2.45) is 11.8 Å². The van der Waals surface area contributed by atoms with Crippen LogP contribution in [0.3, 0.4) is 0 Å². The van der Waals surface area contributed by atoms with Crippen molar-refractivity contribution in [3.8, 4) is 0 Å². The monoisotopic (exact) mass is 286 g/mol. The Morgan fingerprint density at radius 2 is 1.95 bits per heavy atom. The van der Waals surface area contributed by atoms with Gasteiger partial charge in [-0.1, -0.05) is 31.2 Å². The van der Waals surface area contributed by atoms with E-state index in [1.165, 1.54) is 0 Å². The summed E-state index contributed by atoms with van der Waals surface area (Å²) < 4.78 is 5.47. The number of nitrogens with one attached hydrogen (secondary N) is 1. The molecule has 110 valence electrons. The van der Waals surface area contributed by atoms with Gasteiger partial charge in [0.05, 0.1) is 18.1 Å². The first-order chi connectivity index (χ1) is 10.1. The van der Waals surface area contributed by atoms with Gasteiger partial charge in [-0.2, -0.15) is 0 Å². The molecule has 4 atom stereocenters. The lowest BCUT2D eigenvalue weighted by atomic mass is 9.82. The Balaban J connectivity index is 1.78. The summed E-state index contributed by atoms with van der Waals surface area (Å²) in [5.41, 5.74) is 1.77. The van der Waals surface area contributed by atoms with Gasteiger partial charge >= 0.3 is 0 Å². The highest BCUT2D eigenvalue weighted by Gasteiger charge is 2.50. The van der Waals surface area contributed by atoms with Gasteiger partial charge in [-0.05, 0) is 24.1 Å². The van der Waals surface area contributed by atoms with Crippen LogP contribution in [-0.4, -0.2) is 24.1 Å². The fourth-order valence-corrected chi connectivity index (χ4v) is 3.00. The van der Waals surface area contributed by atoms with Crippen LogP contribution in [0, 0.1) is 11.8 Å². The molecule has 0 aromatic heterocycles. The molecule has 2 aliphatic heterocycles. The molecule has 5 nitrogen and oxygen atoms in total. The van der Waals surface area contributed by atoms with Crippen molar-refractivity contribution in [3.63, 3.8) is 0 Å². The van der Waals surface area contributed by atoms with Gasteiger partial charge in [0.1, 0.15) is 0 Å². The molecule has 1 aromatic carbocycles. The van der Waals surface area contributed by atoms with E-state index in [-0.39, 0.29) is 5.91 Å². The summed E-state index contributed by atoms with van der Waals surface area (Å²) in [7, 11) is 0. The Labute approximate surface area is 122 Å². The van der Waals surface area contributed by atoms with Crippen LogP contribution in [0.25, 0.3) is 0 Å². The van der Waals surface area contributed by atoms with Gasteiger partial charge < -0.3 is 20.0 Å². The van der Waals surface area contributed by atoms with E-state index in [4.69, 9.17) is 4.74 Å². The third-order valence-corrected chi connectivity index (χ3v) is 4.08. The second-order valence-electron chi connectivity index (χ2n) is 5.36. The normalized spacial score (nSPS) is 29.6. The molecule has 0 aliphatic carbocycles. The summed E-state index contributed by atoms with van der Waals surface area (Å²) in [6, 6.07) is 7.51. The maximum Gasteiger partial charge on any atom is 0.231 e. The number of hydrogen-bond donors (Lipinski definition) is 1. The zero-order chi connectivity index (χ0) is 15.0. The average Bonchev–Trinajstić information content (AvgIpc) is 3.07. The molecule has 2 bridgehead atoms. The van der Waals surface area contributed by atoms with Gasteiger partial charge in [0.15, 0.2) is 0 Å². The van der Waals surface area contributed by atoms with Gasteiger partial charge in [-0.15, -0.1) is 0 Å². The average molecular weight is 286 g/mol. The quantitative estimate of drug-likeness (QED) is 0.818. The van der Waals surface area contributed by atoms with E-state index < -0.39 is 30.0 Å². The predicted octanol–water partition coefficient (Wildman–Crippen LogP) is 0.507.